The van der Waals surface area contributed by atoms with Crippen molar-refractivity contribution in [2.45, 2.75) is 6.92 Å². The fourth-order valence-corrected chi connectivity index (χ4v) is 1.80. The zero-order valence-electron chi connectivity index (χ0n) is 11.2. The van der Waals surface area contributed by atoms with Gasteiger partial charge in [0.15, 0.2) is 0 Å². The predicted molar refractivity (Wildman–Crippen MR) is 79.5 cm³/mol. The van der Waals surface area contributed by atoms with Crippen molar-refractivity contribution in [1.29, 1.82) is 0 Å². The lowest BCUT2D eigenvalue weighted by molar-refractivity contribution is -0.114. The quantitative estimate of drug-likeness (QED) is 0.797. The van der Waals surface area contributed by atoms with Gasteiger partial charge in [-0.05, 0) is 31.2 Å². The number of rotatable bonds is 3. The Morgan fingerprint density at radius 3 is 1.90 bits per heavy atom. The second-order valence-electron chi connectivity index (χ2n) is 4.43. The molecule has 0 radical (unpaired) electrons. The maximum atomic E-state index is 12.6. The molecule has 2 aromatic rings. The summed E-state index contributed by atoms with van der Waals surface area (Å²) in [6.45, 7) is 5.23. The first-order valence-corrected chi connectivity index (χ1v) is 6.25. The summed E-state index contributed by atoms with van der Waals surface area (Å²) in [6, 6.07) is 17.6. The minimum Gasteiger partial charge on any atom is -0.269 e. The molecule has 0 bridgehead atoms. The summed E-state index contributed by atoms with van der Waals surface area (Å²) >= 11 is 0. The molecule has 100 valence electrons. The van der Waals surface area contributed by atoms with E-state index in [2.05, 4.69) is 6.58 Å². The highest BCUT2D eigenvalue weighted by molar-refractivity contribution is 6.25. The highest BCUT2D eigenvalue weighted by atomic mass is 16.2. The first-order valence-electron chi connectivity index (χ1n) is 6.25. The van der Waals surface area contributed by atoms with Crippen molar-refractivity contribution in [3.63, 3.8) is 0 Å². The Kier molecular flexibility index (Phi) is 4.11. The van der Waals surface area contributed by atoms with E-state index in [1.54, 1.807) is 55.5 Å². The van der Waals surface area contributed by atoms with Gasteiger partial charge in [0, 0.05) is 11.1 Å². The number of carbonyl (C=O) groups is 2. The van der Waals surface area contributed by atoms with Crippen molar-refractivity contribution >= 4 is 17.5 Å². The van der Waals surface area contributed by atoms with Crippen LogP contribution >= 0.6 is 0 Å². The number of hydrogen-bond acceptors (Lipinski definition) is 2. The third-order valence-electron chi connectivity index (χ3n) is 2.81. The van der Waals surface area contributed by atoms with Crippen LogP contribution in [-0.4, -0.2) is 11.8 Å². The van der Waals surface area contributed by atoms with Gasteiger partial charge >= 0.3 is 0 Å². The summed E-state index contributed by atoms with van der Waals surface area (Å²) in [5, 5.41) is 0. The molecule has 0 N–H and O–H groups in total. The second-order valence-corrected chi connectivity index (χ2v) is 4.43. The van der Waals surface area contributed by atoms with Crippen molar-refractivity contribution in [2.75, 3.05) is 4.90 Å². The topological polar surface area (TPSA) is 37.4 Å². The van der Waals surface area contributed by atoms with Crippen LogP contribution in [0.25, 0.3) is 0 Å². The Morgan fingerprint density at radius 2 is 1.40 bits per heavy atom. The molecule has 2 aromatic carbocycles. The van der Waals surface area contributed by atoms with Gasteiger partial charge in [0.25, 0.3) is 11.8 Å². The minimum absolute atomic E-state index is 0.318. The molecule has 0 aliphatic rings. The van der Waals surface area contributed by atoms with E-state index in [0.717, 1.165) is 4.90 Å². The second kappa shape index (κ2) is 5.97. The number of carbonyl (C=O) groups excluding carboxylic acids is 2. The van der Waals surface area contributed by atoms with Crippen molar-refractivity contribution in [3.8, 4) is 0 Å². The summed E-state index contributed by atoms with van der Waals surface area (Å²) in [5.74, 6) is -0.755. The molecular formula is C17H15NO2. The van der Waals surface area contributed by atoms with Gasteiger partial charge in [-0.1, -0.05) is 43.0 Å². The third kappa shape index (κ3) is 2.83. The van der Waals surface area contributed by atoms with Crippen molar-refractivity contribution in [2.24, 2.45) is 0 Å². The third-order valence-corrected chi connectivity index (χ3v) is 2.81. The van der Waals surface area contributed by atoms with Crippen LogP contribution in [0.4, 0.5) is 5.69 Å². The molecule has 0 spiro atoms. The van der Waals surface area contributed by atoms with Gasteiger partial charge in [0.2, 0.25) is 0 Å². The van der Waals surface area contributed by atoms with Gasteiger partial charge in [-0.2, -0.15) is 0 Å². The number of nitrogens with zero attached hydrogens (tertiary/aromatic N) is 1. The molecule has 0 saturated heterocycles. The zero-order valence-corrected chi connectivity index (χ0v) is 11.2. The van der Waals surface area contributed by atoms with E-state index in [0.29, 0.717) is 16.8 Å². The molecule has 3 nitrogen and oxygen atoms in total. The lowest BCUT2D eigenvalue weighted by atomic mass is 10.1. The highest BCUT2D eigenvalue weighted by Crippen LogP contribution is 2.19. The van der Waals surface area contributed by atoms with Gasteiger partial charge in [0.1, 0.15) is 0 Å². The molecular weight excluding hydrogens is 250 g/mol. The van der Waals surface area contributed by atoms with Crippen LogP contribution in [0.5, 0.6) is 0 Å². The summed E-state index contributed by atoms with van der Waals surface area (Å²) in [7, 11) is 0. The van der Waals surface area contributed by atoms with Crippen LogP contribution in [0.3, 0.4) is 0 Å². The fraction of sp³-hybridized carbons (Fsp3) is 0.0588. The van der Waals surface area contributed by atoms with Gasteiger partial charge in [-0.15, -0.1) is 0 Å². The Labute approximate surface area is 118 Å². The maximum Gasteiger partial charge on any atom is 0.265 e. The smallest absolute Gasteiger partial charge is 0.265 e. The standard InChI is InChI=1S/C17H15NO2/c1-13(2)16(19)18(15-11-7-4-8-12-15)17(20)14-9-5-3-6-10-14/h3-12H,1H2,2H3. The van der Waals surface area contributed by atoms with Crippen molar-refractivity contribution in [1.82, 2.24) is 0 Å². The van der Waals surface area contributed by atoms with Crippen molar-refractivity contribution in [3.05, 3.63) is 78.4 Å². The van der Waals surface area contributed by atoms with Gasteiger partial charge in [0.05, 0.1) is 5.69 Å². The summed E-state index contributed by atoms with van der Waals surface area (Å²) < 4.78 is 0. The van der Waals surface area contributed by atoms with Crippen LogP contribution < -0.4 is 4.90 Å². The summed E-state index contributed by atoms with van der Waals surface area (Å²) in [5.41, 5.74) is 1.32. The molecule has 0 saturated carbocycles. The van der Waals surface area contributed by atoms with Crippen LogP contribution in [-0.2, 0) is 4.79 Å². The number of benzene rings is 2. The molecule has 3 heteroatoms. The number of amides is 2. The van der Waals surface area contributed by atoms with Crippen molar-refractivity contribution < 1.29 is 9.59 Å². The zero-order chi connectivity index (χ0) is 14.5. The van der Waals surface area contributed by atoms with E-state index < -0.39 is 5.91 Å². The summed E-state index contributed by atoms with van der Waals surface area (Å²) in [6.07, 6.45) is 0. The Morgan fingerprint density at radius 1 is 0.900 bits per heavy atom. The first kappa shape index (κ1) is 13.7. The predicted octanol–water partition coefficient (Wildman–Crippen LogP) is 3.44. The molecule has 0 aliphatic heterocycles. The SMILES string of the molecule is C=C(C)C(=O)N(C(=O)c1ccccc1)c1ccccc1. The maximum absolute atomic E-state index is 12.6. The normalized spacial score (nSPS) is 9.85. The molecule has 0 heterocycles. The van der Waals surface area contributed by atoms with Gasteiger partial charge < -0.3 is 0 Å². The molecule has 2 amide bonds. The molecule has 0 aliphatic carbocycles. The summed E-state index contributed by atoms with van der Waals surface area (Å²) in [4.78, 5) is 26.0. The first-order chi connectivity index (χ1) is 9.61. The number of imide groups is 1. The average molecular weight is 265 g/mol. The van der Waals surface area contributed by atoms with E-state index in [-0.39, 0.29) is 5.91 Å². The molecule has 20 heavy (non-hydrogen) atoms. The monoisotopic (exact) mass is 265 g/mol. The van der Waals surface area contributed by atoms with Gasteiger partial charge in [-0.3, -0.25) is 9.59 Å². The Hall–Kier alpha value is -2.68. The molecule has 0 unspecified atom stereocenters. The molecule has 0 fully saturated rings. The number of hydrogen-bond donors (Lipinski definition) is 0. The highest BCUT2D eigenvalue weighted by Gasteiger charge is 2.24. The van der Waals surface area contributed by atoms with E-state index in [9.17, 15) is 9.59 Å². The van der Waals surface area contributed by atoms with E-state index in [4.69, 9.17) is 0 Å². The van der Waals surface area contributed by atoms with Crippen LogP contribution in [0.1, 0.15) is 17.3 Å². The lowest BCUT2D eigenvalue weighted by Crippen LogP contribution is -2.37. The molecule has 0 atom stereocenters. The van der Waals surface area contributed by atoms with Crippen LogP contribution in [0, 0.1) is 0 Å². The van der Waals surface area contributed by atoms with E-state index in [1.165, 1.54) is 0 Å². The minimum atomic E-state index is -0.398. The fourth-order valence-electron chi connectivity index (χ4n) is 1.80. The lowest BCUT2D eigenvalue weighted by Gasteiger charge is -2.21. The molecule has 2 rings (SSSR count). The average Bonchev–Trinajstić information content (AvgIpc) is 2.49. The van der Waals surface area contributed by atoms with Crippen LogP contribution in [0.15, 0.2) is 72.8 Å². The Bertz CT molecular complexity index is 633. The number of anilines is 1. The van der Waals surface area contributed by atoms with E-state index in [1.807, 2.05) is 12.1 Å². The van der Waals surface area contributed by atoms with Gasteiger partial charge in [-0.25, -0.2) is 4.90 Å². The Balaban J connectivity index is 2.45. The largest absolute Gasteiger partial charge is 0.269 e. The molecule has 0 aromatic heterocycles. The van der Waals surface area contributed by atoms with E-state index >= 15 is 0 Å². The number of para-hydroxylation sites is 1. The van der Waals surface area contributed by atoms with Crippen LogP contribution in [0.2, 0.25) is 0 Å².